The van der Waals surface area contributed by atoms with Crippen LogP contribution in [0.1, 0.15) is 20.8 Å². The quantitative estimate of drug-likeness (QED) is 0.387. The Morgan fingerprint density at radius 3 is 1.60 bits per heavy atom. The Balaban J connectivity index is -0.000000151. The molecule has 1 aliphatic rings. The molecule has 1 fully saturated rings. The van der Waals surface area contributed by atoms with Crippen LogP contribution in [-0.4, -0.2) is 18.0 Å². The molecule has 8 heteroatoms. The van der Waals surface area contributed by atoms with Crippen molar-refractivity contribution in [2.24, 2.45) is 5.41 Å². The second-order valence-corrected chi connectivity index (χ2v) is 3.63. The minimum Gasteiger partial charge on any atom is -0.662 e. The summed E-state index contributed by atoms with van der Waals surface area (Å²) in [5, 5.41) is 6.78. The van der Waals surface area contributed by atoms with E-state index in [-0.39, 0.29) is 84.7 Å². The minimum atomic E-state index is -0.644. The molecule has 3 amide bonds. The maximum Gasteiger partial charge on any atom is 0.0412 e. The molecule has 0 spiro atoms. The van der Waals surface area contributed by atoms with Crippen molar-refractivity contribution < 1.29 is 88.8 Å². The number of hydrogen-bond donors (Lipinski definition) is 0. The van der Waals surface area contributed by atoms with Crippen molar-refractivity contribution in [3.05, 3.63) is 10.6 Å². The van der Waals surface area contributed by atoms with Gasteiger partial charge in [0.2, 0.25) is 0 Å². The van der Waals surface area contributed by atoms with Crippen molar-refractivity contribution in [1.29, 1.82) is 0 Å². The number of hydrogen-bond acceptors (Lipinski definition) is 2. The average Bonchev–Trinajstić information content (AvgIpc) is 2.08. The van der Waals surface area contributed by atoms with Crippen LogP contribution in [0.4, 0.5) is 4.79 Å². The second-order valence-electron chi connectivity index (χ2n) is 3.63. The van der Waals surface area contributed by atoms with E-state index in [1.807, 2.05) is 20.8 Å². The van der Waals surface area contributed by atoms with E-state index in [1.165, 1.54) is 0 Å². The Morgan fingerprint density at radius 1 is 1.07 bits per heavy atom. The largest absolute Gasteiger partial charge is 0.662 e. The zero-order chi connectivity index (χ0) is 8.65. The van der Waals surface area contributed by atoms with Gasteiger partial charge in [-0.15, -0.1) is 0 Å². The number of carbonyl (C=O) groups excluding carboxylic acids is 2. The molecule has 0 bridgehead atoms. The van der Waals surface area contributed by atoms with Gasteiger partial charge in [0, 0.05) is 85.1 Å². The topological polar surface area (TPSA) is 62.3 Å². The summed E-state index contributed by atoms with van der Waals surface area (Å²) in [5.41, 5.74) is -0.299. The summed E-state index contributed by atoms with van der Waals surface area (Å²) in [6.45, 7) is 5.56. The molecule has 1 atom stereocenters. The van der Waals surface area contributed by atoms with Crippen molar-refractivity contribution >= 4 is 11.9 Å². The maximum atomic E-state index is 11.0. The molecule has 1 rings (SSSR count). The zero-order valence-corrected chi connectivity index (χ0v) is 17.2. The van der Waals surface area contributed by atoms with Gasteiger partial charge in [0.25, 0.3) is 0 Å². The van der Waals surface area contributed by atoms with E-state index in [2.05, 4.69) is 10.6 Å². The van der Waals surface area contributed by atoms with Crippen molar-refractivity contribution in [3.8, 4) is 0 Å². The van der Waals surface area contributed by atoms with Crippen molar-refractivity contribution in [1.82, 2.24) is 0 Å². The van der Waals surface area contributed by atoms with Gasteiger partial charge >= 0.3 is 0 Å². The third-order valence-electron chi connectivity index (χ3n) is 1.50. The van der Waals surface area contributed by atoms with E-state index < -0.39 is 18.0 Å². The molecule has 4 nitrogen and oxygen atoms in total. The van der Waals surface area contributed by atoms with E-state index in [1.54, 1.807) is 0 Å². The predicted molar refractivity (Wildman–Crippen MR) is 40.4 cm³/mol. The zero-order valence-electron chi connectivity index (χ0n) is 8.50. The molecular formula is C7H10N2O2V2W2-2. The van der Waals surface area contributed by atoms with Crippen LogP contribution >= 0.6 is 0 Å². The van der Waals surface area contributed by atoms with Crippen LogP contribution in [0, 0.1) is 5.41 Å². The molecule has 0 N–H and O–H groups in total. The number of amides is 3. The third kappa shape index (κ3) is 7.42. The standard InChI is InChI=1S/C7H12N2O2.2V.2W/c1-7(2,3)4-5(10)9-6(11)8-4;;;;/h4H,1-3H3,(H2,8,9,10,11);;;;/p-2. The van der Waals surface area contributed by atoms with Crippen LogP contribution in [0.25, 0.3) is 10.6 Å². The van der Waals surface area contributed by atoms with Gasteiger partial charge in [-0.1, -0.05) is 26.8 Å². The van der Waals surface area contributed by atoms with E-state index in [0.29, 0.717) is 0 Å². The van der Waals surface area contributed by atoms with Gasteiger partial charge in [-0.25, -0.2) is 0 Å². The number of imide groups is 1. The van der Waals surface area contributed by atoms with Gasteiger partial charge in [0.1, 0.15) is 0 Å². The fraction of sp³-hybridized carbons (Fsp3) is 0.714. The van der Waals surface area contributed by atoms with Gasteiger partial charge in [0.15, 0.2) is 0 Å². The molecule has 0 aliphatic carbocycles. The van der Waals surface area contributed by atoms with Crippen LogP contribution in [0.15, 0.2) is 0 Å². The first-order valence-corrected chi connectivity index (χ1v) is 3.41. The molecule has 0 aromatic heterocycles. The SMILES string of the molecule is CC(C)(C)C1[N-]C(=O)[N-]C1=O.[V].[V].[W].[W]. The van der Waals surface area contributed by atoms with Gasteiger partial charge < -0.3 is 20.2 Å². The van der Waals surface area contributed by atoms with Crippen LogP contribution in [0.5, 0.6) is 0 Å². The molecule has 15 heavy (non-hydrogen) atoms. The second kappa shape index (κ2) is 9.51. The Labute approximate surface area is 142 Å². The van der Waals surface area contributed by atoms with E-state index in [0.717, 1.165) is 0 Å². The normalized spacial score (nSPS) is 18.2. The minimum absolute atomic E-state index is 0. The van der Waals surface area contributed by atoms with Gasteiger partial charge in [0.05, 0.1) is 0 Å². The molecule has 84 valence electrons. The summed E-state index contributed by atoms with van der Waals surface area (Å²) in [6, 6.07) is -1.22. The summed E-state index contributed by atoms with van der Waals surface area (Å²) in [5.74, 6) is -0.414. The summed E-state index contributed by atoms with van der Waals surface area (Å²) < 4.78 is 0. The molecule has 0 aromatic rings. The number of urea groups is 1. The number of nitrogens with zero attached hydrogens (tertiary/aromatic N) is 2. The monoisotopic (exact) mass is 624 g/mol. The Morgan fingerprint density at radius 2 is 1.47 bits per heavy atom. The van der Waals surface area contributed by atoms with E-state index in [9.17, 15) is 9.59 Å². The molecule has 1 aliphatic heterocycles. The fourth-order valence-corrected chi connectivity index (χ4v) is 0.914. The first kappa shape index (κ1) is 25.4. The number of rotatable bonds is 0. The van der Waals surface area contributed by atoms with Crippen LogP contribution in [0.2, 0.25) is 0 Å². The summed E-state index contributed by atoms with van der Waals surface area (Å²) in [6.07, 6.45) is 0. The maximum absolute atomic E-state index is 11.0. The molecule has 0 saturated carbocycles. The third-order valence-corrected chi connectivity index (χ3v) is 1.50. The van der Waals surface area contributed by atoms with E-state index >= 15 is 0 Å². The van der Waals surface area contributed by atoms with Crippen LogP contribution in [-0.2, 0) is 84.0 Å². The fourth-order valence-electron chi connectivity index (χ4n) is 0.914. The first-order valence-electron chi connectivity index (χ1n) is 3.41. The van der Waals surface area contributed by atoms with Crippen molar-refractivity contribution in [2.45, 2.75) is 26.8 Å². The van der Waals surface area contributed by atoms with Gasteiger partial charge in [-0.05, 0) is 11.4 Å². The van der Waals surface area contributed by atoms with Gasteiger partial charge in [-0.3, -0.25) is 0 Å². The average molecular weight is 624 g/mol. The predicted octanol–water partition coefficient (Wildman–Crippen LogP) is 1.80. The molecular weight excluding hydrogens is 614 g/mol. The van der Waals surface area contributed by atoms with Gasteiger partial charge in [-0.2, -0.15) is 0 Å². The van der Waals surface area contributed by atoms with Crippen LogP contribution < -0.4 is 0 Å². The molecule has 1 saturated heterocycles. The molecule has 0 aromatic carbocycles. The summed E-state index contributed by atoms with van der Waals surface area (Å²) in [4.78, 5) is 21.5. The number of carbonyl (C=O) groups is 2. The Bertz CT molecular complexity index is 222. The Kier molecular flexibility index (Phi) is 16.1. The van der Waals surface area contributed by atoms with Crippen LogP contribution in [0.3, 0.4) is 0 Å². The smallest absolute Gasteiger partial charge is 0.0412 e. The molecule has 1 heterocycles. The molecule has 1 unspecified atom stereocenters. The van der Waals surface area contributed by atoms with E-state index in [4.69, 9.17) is 0 Å². The first-order chi connectivity index (χ1) is 4.91. The Hall–Kier alpha value is 1.49. The summed E-state index contributed by atoms with van der Waals surface area (Å²) >= 11 is 0. The summed E-state index contributed by atoms with van der Waals surface area (Å²) in [7, 11) is 0. The molecule has 2 radical (unpaired) electrons. The van der Waals surface area contributed by atoms with Crippen molar-refractivity contribution in [2.75, 3.05) is 0 Å². The van der Waals surface area contributed by atoms with Crippen molar-refractivity contribution in [3.63, 3.8) is 0 Å².